The Bertz CT molecular complexity index is 1170. The molecule has 29 heavy (non-hydrogen) atoms. The Hall–Kier alpha value is -3.89. The molecule has 0 aromatic heterocycles. The molecule has 0 saturated heterocycles. The van der Waals surface area contributed by atoms with E-state index in [0.717, 1.165) is 0 Å². The topological polar surface area (TPSA) is 99.1 Å². The highest BCUT2D eigenvalue weighted by Gasteiger charge is 2.23. The number of nitrogens with one attached hydrogen (secondary N) is 2. The number of nitriles is 1. The summed E-state index contributed by atoms with van der Waals surface area (Å²) >= 11 is 0. The van der Waals surface area contributed by atoms with Gasteiger partial charge in [-0.25, -0.2) is 8.42 Å². The van der Waals surface area contributed by atoms with Crippen LogP contribution in [0, 0.1) is 11.3 Å². The first-order valence-electron chi connectivity index (χ1n) is 8.65. The molecule has 0 bridgehead atoms. The zero-order valence-corrected chi connectivity index (χ0v) is 16.1. The largest absolute Gasteiger partial charge is 0.321 e. The lowest BCUT2D eigenvalue weighted by Gasteiger charge is -2.14. The predicted molar refractivity (Wildman–Crippen MR) is 111 cm³/mol. The molecule has 2 N–H and O–H groups in total. The van der Waals surface area contributed by atoms with Crippen LogP contribution in [0.15, 0.2) is 101 Å². The highest BCUT2D eigenvalue weighted by atomic mass is 32.2. The standard InChI is InChI=1S/C22H17N3O3S/c23-16-20(22(26)24-18-12-6-2-7-13-18)21(17-10-4-1-5-11-17)25-29(27,28)19-14-8-3-9-15-19/h1-15,25H,(H,24,26). The Morgan fingerprint density at radius 1 is 0.793 bits per heavy atom. The van der Waals surface area contributed by atoms with Crippen LogP contribution in [0.3, 0.4) is 0 Å². The minimum atomic E-state index is -4.01. The van der Waals surface area contributed by atoms with Crippen molar-refractivity contribution >= 4 is 27.3 Å². The van der Waals surface area contributed by atoms with Gasteiger partial charge in [0.1, 0.15) is 11.6 Å². The Balaban J connectivity index is 2.06. The third-order valence-corrected chi connectivity index (χ3v) is 5.34. The molecule has 0 aliphatic heterocycles. The van der Waals surface area contributed by atoms with Crippen molar-refractivity contribution in [1.82, 2.24) is 4.72 Å². The molecular weight excluding hydrogens is 386 g/mol. The number of hydrogen-bond acceptors (Lipinski definition) is 4. The Morgan fingerprint density at radius 3 is 1.86 bits per heavy atom. The van der Waals surface area contributed by atoms with Crippen LogP contribution < -0.4 is 10.0 Å². The van der Waals surface area contributed by atoms with E-state index in [1.807, 2.05) is 6.07 Å². The van der Waals surface area contributed by atoms with Gasteiger partial charge in [-0.15, -0.1) is 0 Å². The first-order chi connectivity index (χ1) is 14.0. The molecule has 3 aromatic rings. The average Bonchev–Trinajstić information content (AvgIpc) is 2.75. The van der Waals surface area contributed by atoms with Crippen molar-refractivity contribution < 1.29 is 13.2 Å². The van der Waals surface area contributed by atoms with E-state index in [4.69, 9.17) is 0 Å². The van der Waals surface area contributed by atoms with E-state index in [2.05, 4.69) is 10.0 Å². The van der Waals surface area contributed by atoms with Crippen molar-refractivity contribution in [2.24, 2.45) is 0 Å². The number of para-hydroxylation sites is 1. The number of carbonyl (C=O) groups is 1. The molecule has 144 valence electrons. The zero-order valence-electron chi connectivity index (χ0n) is 15.2. The van der Waals surface area contributed by atoms with Gasteiger partial charge in [0, 0.05) is 11.3 Å². The van der Waals surface area contributed by atoms with Crippen LogP contribution in [0.2, 0.25) is 0 Å². The first kappa shape index (κ1) is 19.9. The second kappa shape index (κ2) is 8.87. The van der Waals surface area contributed by atoms with Gasteiger partial charge in [0.25, 0.3) is 15.9 Å². The third-order valence-electron chi connectivity index (χ3n) is 3.97. The van der Waals surface area contributed by atoms with E-state index in [1.54, 1.807) is 78.9 Å². The van der Waals surface area contributed by atoms with Gasteiger partial charge in [0.2, 0.25) is 0 Å². The fraction of sp³-hybridized carbons (Fsp3) is 0. The summed E-state index contributed by atoms with van der Waals surface area (Å²) in [5, 5.41) is 12.3. The highest BCUT2D eigenvalue weighted by Crippen LogP contribution is 2.21. The van der Waals surface area contributed by atoms with Gasteiger partial charge in [-0.2, -0.15) is 5.26 Å². The normalized spacial score (nSPS) is 11.7. The average molecular weight is 403 g/mol. The molecule has 0 spiro atoms. The van der Waals surface area contributed by atoms with Gasteiger partial charge in [-0.3, -0.25) is 9.52 Å². The van der Waals surface area contributed by atoms with E-state index in [0.29, 0.717) is 11.3 Å². The second-order valence-corrected chi connectivity index (χ2v) is 7.65. The van der Waals surface area contributed by atoms with Crippen molar-refractivity contribution in [3.63, 3.8) is 0 Å². The number of rotatable bonds is 6. The smallest absolute Gasteiger partial charge is 0.268 e. The predicted octanol–water partition coefficient (Wildman–Crippen LogP) is 3.54. The van der Waals surface area contributed by atoms with E-state index in [-0.39, 0.29) is 16.2 Å². The molecule has 3 aromatic carbocycles. The maximum Gasteiger partial charge on any atom is 0.268 e. The number of anilines is 1. The van der Waals surface area contributed by atoms with Gasteiger partial charge in [0.05, 0.1) is 10.6 Å². The minimum absolute atomic E-state index is 0.0224. The number of nitrogens with zero attached hydrogens (tertiary/aromatic N) is 1. The number of hydrogen-bond donors (Lipinski definition) is 2. The van der Waals surface area contributed by atoms with E-state index < -0.39 is 15.9 Å². The molecule has 0 unspecified atom stereocenters. The van der Waals surface area contributed by atoms with Gasteiger partial charge in [0.15, 0.2) is 0 Å². The van der Waals surface area contributed by atoms with Crippen molar-refractivity contribution in [3.05, 3.63) is 102 Å². The fourth-order valence-electron chi connectivity index (χ4n) is 2.59. The van der Waals surface area contributed by atoms with Crippen LogP contribution in [0.5, 0.6) is 0 Å². The summed E-state index contributed by atoms with van der Waals surface area (Å²) in [5.74, 6) is -0.715. The molecule has 0 aliphatic rings. The third kappa shape index (κ3) is 4.89. The summed E-state index contributed by atoms with van der Waals surface area (Å²) in [6.07, 6.45) is 0. The van der Waals surface area contributed by atoms with Crippen LogP contribution in [0.1, 0.15) is 5.56 Å². The summed E-state index contributed by atoms with van der Waals surface area (Å²) in [6, 6.07) is 26.6. The summed E-state index contributed by atoms with van der Waals surface area (Å²) in [7, 11) is -4.01. The molecular formula is C22H17N3O3S. The molecule has 7 heteroatoms. The molecule has 0 aliphatic carbocycles. The Morgan fingerprint density at radius 2 is 1.31 bits per heavy atom. The number of benzene rings is 3. The van der Waals surface area contributed by atoms with Crippen molar-refractivity contribution in [3.8, 4) is 6.07 Å². The maximum absolute atomic E-state index is 12.8. The number of sulfonamides is 1. The molecule has 0 saturated carbocycles. The summed E-state index contributed by atoms with van der Waals surface area (Å²) < 4.78 is 28.1. The first-order valence-corrected chi connectivity index (χ1v) is 10.1. The monoisotopic (exact) mass is 403 g/mol. The van der Waals surface area contributed by atoms with Crippen LogP contribution >= 0.6 is 0 Å². The van der Waals surface area contributed by atoms with Gasteiger partial charge < -0.3 is 5.32 Å². The van der Waals surface area contributed by atoms with Crippen LogP contribution in [0.25, 0.3) is 5.70 Å². The second-order valence-electron chi connectivity index (χ2n) is 5.97. The molecule has 0 radical (unpaired) electrons. The van der Waals surface area contributed by atoms with Crippen molar-refractivity contribution in [2.45, 2.75) is 4.90 Å². The van der Waals surface area contributed by atoms with Gasteiger partial charge in [-0.05, 0) is 24.3 Å². The van der Waals surface area contributed by atoms with E-state index in [1.165, 1.54) is 12.1 Å². The quantitative estimate of drug-likeness (QED) is 0.486. The molecule has 0 heterocycles. The molecule has 1 amide bonds. The summed E-state index contributed by atoms with van der Waals surface area (Å²) in [6.45, 7) is 0. The fourth-order valence-corrected chi connectivity index (χ4v) is 3.71. The highest BCUT2D eigenvalue weighted by molar-refractivity contribution is 7.89. The number of amides is 1. The Labute approximate surface area is 169 Å². The maximum atomic E-state index is 12.8. The Kier molecular flexibility index (Phi) is 6.07. The number of carbonyl (C=O) groups excluding carboxylic acids is 1. The lowest BCUT2D eigenvalue weighted by atomic mass is 10.1. The van der Waals surface area contributed by atoms with Crippen molar-refractivity contribution in [1.29, 1.82) is 5.26 Å². The summed E-state index contributed by atoms with van der Waals surface area (Å²) in [4.78, 5) is 12.8. The molecule has 0 fully saturated rings. The van der Waals surface area contributed by atoms with Crippen LogP contribution in [0.4, 0.5) is 5.69 Å². The van der Waals surface area contributed by atoms with Crippen LogP contribution in [-0.4, -0.2) is 14.3 Å². The lowest BCUT2D eigenvalue weighted by Crippen LogP contribution is -2.26. The minimum Gasteiger partial charge on any atom is -0.321 e. The molecule has 6 nitrogen and oxygen atoms in total. The SMILES string of the molecule is N#CC(C(=O)Nc1ccccc1)=C(NS(=O)(=O)c1ccccc1)c1ccccc1. The molecule has 3 rings (SSSR count). The van der Waals surface area contributed by atoms with Gasteiger partial charge in [-0.1, -0.05) is 66.7 Å². The zero-order chi connectivity index (χ0) is 20.7. The van der Waals surface area contributed by atoms with E-state index in [9.17, 15) is 18.5 Å². The summed E-state index contributed by atoms with van der Waals surface area (Å²) in [5.41, 5.74) is 0.445. The van der Waals surface area contributed by atoms with Gasteiger partial charge >= 0.3 is 0 Å². The van der Waals surface area contributed by atoms with E-state index >= 15 is 0 Å². The van der Waals surface area contributed by atoms with Crippen LogP contribution in [-0.2, 0) is 14.8 Å². The van der Waals surface area contributed by atoms with Crippen molar-refractivity contribution in [2.75, 3.05) is 5.32 Å². The lowest BCUT2D eigenvalue weighted by molar-refractivity contribution is -0.112. The molecule has 0 atom stereocenters.